The first kappa shape index (κ1) is 20.7. The maximum atomic E-state index is 9.79. The number of aryl methyl sites for hydroxylation is 1. The van der Waals surface area contributed by atoms with Crippen molar-refractivity contribution in [2.45, 2.75) is 26.4 Å². The van der Waals surface area contributed by atoms with Crippen molar-refractivity contribution in [1.82, 2.24) is 19.9 Å². The Morgan fingerprint density at radius 3 is 2.69 bits per heavy atom. The molecule has 0 fully saturated rings. The number of benzene rings is 2. The first-order valence-corrected chi connectivity index (χ1v) is 10.8. The second kappa shape index (κ2) is 8.39. The Hall–Kier alpha value is -3.20. The van der Waals surface area contributed by atoms with Gasteiger partial charge < -0.3 is 25.2 Å². The number of fused-ring (bicyclic) bond motifs is 2. The summed E-state index contributed by atoms with van der Waals surface area (Å²) in [6.45, 7) is 4.40. The number of rotatable bonds is 5. The average molecular weight is 427 g/mol. The normalized spacial score (nSPS) is 13.9. The first-order valence-electron chi connectivity index (χ1n) is 10.8. The van der Waals surface area contributed by atoms with Crippen molar-refractivity contribution in [3.8, 4) is 11.4 Å². The molecule has 0 saturated carbocycles. The number of hydrogen-bond acceptors (Lipinski definition) is 6. The monoisotopic (exact) mass is 427 g/mol. The van der Waals surface area contributed by atoms with Gasteiger partial charge in [0.15, 0.2) is 5.82 Å². The molecule has 0 bridgehead atoms. The van der Waals surface area contributed by atoms with Gasteiger partial charge in [0.1, 0.15) is 5.82 Å². The molecule has 4 N–H and O–H groups in total. The highest BCUT2D eigenvalue weighted by Gasteiger charge is 2.24. The van der Waals surface area contributed by atoms with Crippen LogP contribution in [0.4, 0.5) is 5.82 Å². The van der Waals surface area contributed by atoms with Crippen LogP contribution in [0.1, 0.15) is 22.5 Å². The smallest absolute Gasteiger partial charge is 0.423 e. The summed E-state index contributed by atoms with van der Waals surface area (Å²) in [6, 6.07) is 15.8. The number of aromatic amines is 1. The fourth-order valence-electron chi connectivity index (χ4n) is 4.47. The summed E-state index contributed by atoms with van der Waals surface area (Å²) in [7, 11) is 0.555. The predicted octanol–water partition coefficient (Wildman–Crippen LogP) is 2.21. The van der Waals surface area contributed by atoms with Gasteiger partial charge in [0.05, 0.1) is 5.69 Å². The Bertz CT molecular complexity index is 1270. The standard InChI is InChI=1S/C24H26BN5O2/c1-15-21(18-9-6-10-19(25(31)32)22(18)27-15)24-28-20-14-30(2)12-11-17(20)23(29-24)26-13-16-7-4-3-5-8-16/h3-10,27,31-32H,11-14H2,1-2H3,(H,26,28,29). The van der Waals surface area contributed by atoms with Crippen molar-refractivity contribution in [3.63, 3.8) is 0 Å². The van der Waals surface area contributed by atoms with Crippen LogP contribution in [0.5, 0.6) is 0 Å². The number of nitrogens with zero attached hydrogens (tertiary/aromatic N) is 3. The van der Waals surface area contributed by atoms with Crippen molar-refractivity contribution in [2.24, 2.45) is 0 Å². The van der Waals surface area contributed by atoms with E-state index in [0.717, 1.165) is 47.7 Å². The van der Waals surface area contributed by atoms with E-state index in [0.29, 0.717) is 23.3 Å². The zero-order chi connectivity index (χ0) is 22.2. The van der Waals surface area contributed by atoms with Crippen molar-refractivity contribution >= 4 is 29.3 Å². The number of aromatic nitrogens is 3. The van der Waals surface area contributed by atoms with Crippen molar-refractivity contribution < 1.29 is 10.0 Å². The van der Waals surface area contributed by atoms with Crippen LogP contribution in [0, 0.1) is 6.92 Å². The molecular weight excluding hydrogens is 401 g/mol. The Morgan fingerprint density at radius 2 is 1.91 bits per heavy atom. The lowest BCUT2D eigenvalue weighted by molar-refractivity contribution is 0.307. The van der Waals surface area contributed by atoms with Gasteiger partial charge in [0.25, 0.3) is 0 Å². The lowest BCUT2D eigenvalue weighted by Gasteiger charge is -2.26. The Morgan fingerprint density at radius 1 is 1.09 bits per heavy atom. The lowest BCUT2D eigenvalue weighted by atomic mass is 9.79. The maximum Gasteiger partial charge on any atom is 0.490 e. The molecule has 3 heterocycles. The fraction of sp³-hybridized carbons (Fsp3) is 0.250. The highest BCUT2D eigenvalue weighted by Crippen LogP contribution is 2.33. The highest BCUT2D eigenvalue weighted by atomic mass is 16.4. The molecule has 0 saturated heterocycles. The summed E-state index contributed by atoms with van der Waals surface area (Å²) in [4.78, 5) is 15.5. The molecule has 0 amide bonds. The number of para-hydroxylation sites is 1. The van der Waals surface area contributed by atoms with Gasteiger partial charge in [-0.3, -0.25) is 0 Å². The minimum Gasteiger partial charge on any atom is -0.423 e. The number of likely N-dealkylation sites (N-methyl/N-ethyl adjacent to an activating group) is 1. The summed E-state index contributed by atoms with van der Waals surface area (Å²) >= 11 is 0. The summed E-state index contributed by atoms with van der Waals surface area (Å²) in [6.07, 6.45) is 0.900. The SMILES string of the molecule is Cc1[nH]c2c(B(O)O)cccc2c1-c1nc2c(c(NCc3ccccc3)n1)CCN(C)C2. The molecule has 1 aliphatic heterocycles. The Kier molecular flexibility index (Phi) is 5.42. The van der Waals surface area contributed by atoms with Gasteiger partial charge in [-0.15, -0.1) is 0 Å². The van der Waals surface area contributed by atoms with Crippen LogP contribution in [0.2, 0.25) is 0 Å². The lowest BCUT2D eigenvalue weighted by Crippen LogP contribution is -2.30. The zero-order valence-corrected chi connectivity index (χ0v) is 18.3. The van der Waals surface area contributed by atoms with E-state index in [-0.39, 0.29) is 0 Å². The molecule has 7 nitrogen and oxygen atoms in total. The number of anilines is 1. The van der Waals surface area contributed by atoms with E-state index in [9.17, 15) is 10.0 Å². The van der Waals surface area contributed by atoms with E-state index in [4.69, 9.17) is 9.97 Å². The predicted molar refractivity (Wildman–Crippen MR) is 128 cm³/mol. The molecule has 0 radical (unpaired) electrons. The molecule has 2 aromatic heterocycles. The molecule has 8 heteroatoms. The molecule has 5 rings (SSSR count). The number of hydrogen-bond donors (Lipinski definition) is 4. The summed E-state index contributed by atoms with van der Waals surface area (Å²) in [5.74, 6) is 1.51. The van der Waals surface area contributed by atoms with Crippen molar-refractivity contribution in [1.29, 1.82) is 0 Å². The van der Waals surface area contributed by atoms with Crippen LogP contribution in [-0.4, -0.2) is 50.6 Å². The molecule has 0 spiro atoms. The quantitative estimate of drug-likeness (QED) is 0.365. The van der Waals surface area contributed by atoms with Gasteiger partial charge in [-0.1, -0.05) is 48.5 Å². The molecule has 2 aromatic carbocycles. The van der Waals surface area contributed by atoms with E-state index in [1.165, 1.54) is 11.1 Å². The third kappa shape index (κ3) is 3.77. The van der Waals surface area contributed by atoms with Gasteiger partial charge in [0, 0.05) is 52.8 Å². The van der Waals surface area contributed by atoms with Gasteiger partial charge in [-0.05, 0) is 26.0 Å². The third-order valence-corrected chi connectivity index (χ3v) is 6.11. The average Bonchev–Trinajstić information content (AvgIpc) is 3.13. The summed E-state index contributed by atoms with van der Waals surface area (Å²) < 4.78 is 0. The molecule has 0 unspecified atom stereocenters. The minimum atomic E-state index is -1.55. The molecule has 4 aromatic rings. The Balaban J connectivity index is 1.63. The van der Waals surface area contributed by atoms with Gasteiger partial charge in [-0.25, -0.2) is 9.97 Å². The van der Waals surface area contributed by atoms with E-state index in [1.807, 2.05) is 37.3 Å². The van der Waals surface area contributed by atoms with Crippen molar-refractivity contribution in [2.75, 3.05) is 18.9 Å². The molecular formula is C24H26BN5O2. The van der Waals surface area contributed by atoms with Crippen LogP contribution in [0.25, 0.3) is 22.3 Å². The van der Waals surface area contributed by atoms with Crippen molar-refractivity contribution in [3.05, 3.63) is 71.0 Å². The second-order valence-electron chi connectivity index (χ2n) is 8.42. The largest absolute Gasteiger partial charge is 0.490 e. The highest BCUT2D eigenvalue weighted by molar-refractivity contribution is 6.61. The third-order valence-electron chi connectivity index (χ3n) is 6.11. The maximum absolute atomic E-state index is 9.79. The van der Waals surface area contributed by atoms with Gasteiger partial charge in [-0.2, -0.15) is 0 Å². The molecule has 162 valence electrons. The van der Waals surface area contributed by atoms with Gasteiger partial charge >= 0.3 is 7.12 Å². The Labute approximate surface area is 187 Å². The van der Waals surface area contributed by atoms with Gasteiger partial charge in [0.2, 0.25) is 0 Å². The van der Waals surface area contributed by atoms with E-state index < -0.39 is 7.12 Å². The second-order valence-corrected chi connectivity index (χ2v) is 8.42. The topological polar surface area (TPSA) is 97.3 Å². The van der Waals surface area contributed by atoms with E-state index in [1.54, 1.807) is 6.07 Å². The van der Waals surface area contributed by atoms with Crippen LogP contribution >= 0.6 is 0 Å². The van der Waals surface area contributed by atoms with E-state index >= 15 is 0 Å². The zero-order valence-electron chi connectivity index (χ0n) is 18.3. The van der Waals surface area contributed by atoms with E-state index in [2.05, 4.69) is 34.4 Å². The summed E-state index contributed by atoms with van der Waals surface area (Å²) in [5.41, 5.74) is 6.33. The van der Waals surface area contributed by atoms with Crippen LogP contribution in [0.15, 0.2) is 48.5 Å². The fourth-order valence-corrected chi connectivity index (χ4v) is 4.47. The molecule has 1 aliphatic rings. The summed E-state index contributed by atoms with van der Waals surface area (Å²) in [5, 5.41) is 24.0. The van der Waals surface area contributed by atoms with Crippen LogP contribution in [-0.2, 0) is 19.5 Å². The molecule has 0 aliphatic carbocycles. The molecule has 0 atom stereocenters. The first-order chi connectivity index (χ1) is 15.5. The number of H-pyrrole nitrogens is 1. The minimum absolute atomic E-state index is 0.442. The number of nitrogens with one attached hydrogen (secondary N) is 2. The molecule has 32 heavy (non-hydrogen) atoms. The van der Waals surface area contributed by atoms with Crippen LogP contribution in [0.3, 0.4) is 0 Å². The van der Waals surface area contributed by atoms with Crippen LogP contribution < -0.4 is 10.8 Å².